The van der Waals surface area contributed by atoms with Crippen molar-refractivity contribution in [1.82, 2.24) is 18.8 Å². The molecule has 0 radical (unpaired) electrons. The molecule has 5 aromatic heterocycles. The fourth-order valence-electron chi connectivity index (χ4n) is 7.64. The van der Waals surface area contributed by atoms with Gasteiger partial charge in [0.1, 0.15) is 0 Å². The van der Waals surface area contributed by atoms with E-state index in [1.807, 2.05) is 36.5 Å². The molecule has 0 atom stereocenters. The van der Waals surface area contributed by atoms with Crippen molar-refractivity contribution < 1.29 is 29.9 Å². The molecule has 7 nitrogen and oxygen atoms in total. The smallest absolute Gasteiger partial charge is 0.160 e. The van der Waals surface area contributed by atoms with Gasteiger partial charge in [0.05, 0.1) is 16.6 Å². The van der Waals surface area contributed by atoms with Crippen LogP contribution in [0.4, 0.5) is 17.1 Å². The zero-order valence-electron chi connectivity index (χ0n) is 29.1. The SMILES string of the molecule is [2H]C([2H])([2H])N1[CH-]N(c2[c-]c(Oc3[c-]c4c(cc3)c3cccc5c6cccc7c8ccccc8n(c8cccnc8n4c35)c76)cnc2)c2ccccc21.[Pt]. The van der Waals surface area contributed by atoms with Crippen molar-refractivity contribution in [2.24, 2.45) is 0 Å². The topological polar surface area (TPSA) is 50.3 Å². The zero-order valence-corrected chi connectivity index (χ0v) is 28.4. The van der Waals surface area contributed by atoms with Crippen LogP contribution >= 0.6 is 0 Å². The number of rotatable bonds is 3. The summed E-state index contributed by atoms with van der Waals surface area (Å²) in [4.78, 5) is 12.5. The number of hydrogen-bond acceptors (Lipinski definition) is 5. The van der Waals surface area contributed by atoms with Gasteiger partial charge in [-0.05, 0) is 48.9 Å². The number of aromatic nitrogens is 4. The molecule has 0 spiro atoms. The van der Waals surface area contributed by atoms with E-state index in [0.29, 0.717) is 28.6 Å². The number of anilines is 3. The van der Waals surface area contributed by atoms with Crippen LogP contribution in [0.25, 0.3) is 65.5 Å². The molecule has 0 amide bonds. The van der Waals surface area contributed by atoms with Crippen LogP contribution in [0.15, 0.2) is 128 Å². The third-order valence-electron chi connectivity index (χ3n) is 9.63. The average Bonchev–Trinajstić information content (AvgIpc) is 3.83. The Balaban J connectivity index is 0.00000349. The van der Waals surface area contributed by atoms with Crippen molar-refractivity contribution in [2.45, 2.75) is 0 Å². The van der Waals surface area contributed by atoms with Crippen molar-refractivity contribution in [1.29, 1.82) is 0 Å². The Morgan fingerprint density at radius 2 is 1.34 bits per heavy atom. The number of para-hydroxylation sites is 5. The number of nitrogens with zero attached hydrogens (tertiary/aromatic N) is 6. The third-order valence-corrected chi connectivity index (χ3v) is 9.63. The van der Waals surface area contributed by atoms with E-state index in [1.54, 1.807) is 30.0 Å². The fraction of sp³-hybridized carbons (Fsp3) is 0.0238. The van der Waals surface area contributed by atoms with Gasteiger partial charge in [0.2, 0.25) is 0 Å². The fourth-order valence-corrected chi connectivity index (χ4v) is 7.64. The molecule has 8 heteroatoms. The van der Waals surface area contributed by atoms with Gasteiger partial charge in [-0.2, -0.15) is 12.7 Å². The molecule has 50 heavy (non-hydrogen) atoms. The molecule has 0 N–H and O–H groups in total. The Morgan fingerprint density at radius 1 is 0.640 bits per heavy atom. The summed E-state index contributed by atoms with van der Waals surface area (Å²) >= 11 is 0. The van der Waals surface area contributed by atoms with Gasteiger partial charge in [-0.25, -0.2) is 4.98 Å². The van der Waals surface area contributed by atoms with Crippen LogP contribution in [0.1, 0.15) is 4.11 Å². The summed E-state index contributed by atoms with van der Waals surface area (Å²) in [5, 5.41) is 6.74. The zero-order chi connectivity index (χ0) is 34.7. The summed E-state index contributed by atoms with van der Waals surface area (Å²) in [5.41, 5.74) is 7.72. The maximum Gasteiger partial charge on any atom is 0.160 e. The molecule has 6 heterocycles. The minimum Gasteiger partial charge on any atom is -0.508 e. The van der Waals surface area contributed by atoms with Crippen LogP contribution in [-0.4, -0.2) is 25.7 Å². The third kappa shape index (κ3) is 3.95. The van der Waals surface area contributed by atoms with Gasteiger partial charge in [-0.3, -0.25) is 0 Å². The van der Waals surface area contributed by atoms with E-state index in [9.17, 15) is 0 Å². The van der Waals surface area contributed by atoms with Crippen molar-refractivity contribution in [3.05, 3.63) is 147 Å². The molecular formula is C42H25N6OPt-3. The van der Waals surface area contributed by atoms with Gasteiger partial charge in [0.15, 0.2) is 5.65 Å². The van der Waals surface area contributed by atoms with Gasteiger partial charge in [0, 0.05) is 81.3 Å². The van der Waals surface area contributed by atoms with E-state index in [0.717, 1.165) is 54.8 Å². The molecule has 0 bridgehead atoms. The summed E-state index contributed by atoms with van der Waals surface area (Å²) in [7, 11) is 0. The first-order chi connectivity index (χ1) is 25.4. The average molecular weight is 828 g/mol. The normalized spacial score (nSPS) is 14.1. The molecule has 0 fully saturated rings. The van der Waals surface area contributed by atoms with E-state index >= 15 is 0 Å². The minimum atomic E-state index is -2.36. The predicted molar refractivity (Wildman–Crippen MR) is 197 cm³/mol. The van der Waals surface area contributed by atoms with Crippen LogP contribution in [0, 0.1) is 18.8 Å². The van der Waals surface area contributed by atoms with Crippen LogP contribution in [0.2, 0.25) is 0 Å². The molecule has 5 aromatic carbocycles. The maximum absolute atomic E-state index is 8.06. The number of hydrogen-bond donors (Lipinski definition) is 0. The molecular weight excluding hydrogens is 800 g/mol. The minimum absolute atomic E-state index is 0. The summed E-state index contributed by atoms with van der Waals surface area (Å²) in [5.74, 6) is 0.844. The largest absolute Gasteiger partial charge is 0.508 e. The van der Waals surface area contributed by atoms with E-state index in [2.05, 4.69) is 98.7 Å². The van der Waals surface area contributed by atoms with Crippen LogP contribution in [0.5, 0.6) is 11.5 Å². The summed E-state index contributed by atoms with van der Waals surface area (Å²) < 4.78 is 35.2. The molecule has 0 saturated heterocycles. The second kappa shape index (κ2) is 10.8. The van der Waals surface area contributed by atoms with Crippen LogP contribution < -0.4 is 14.5 Å². The summed E-state index contributed by atoms with van der Waals surface area (Å²) in [6.07, 6.45) is 5.06. The number of benzene rings is 5. The first-order valence-corrected chi connectivity index (χ1v) is 16.0. The van der Waals surface area contributed by atoms with E-state index in [1.165, 1.54) is 15.7 Å². The summed E-state index contributed by atoms with van der Waals surface area (Å²) in [6, 6.07) is 43.9. The molecule has 10 aromatic rings. The Morgan fingerprint density at radius 3 is 2.18 bits per heavy atom. The Hall–Kier alpha value is -5.91. The molecule has 0 aliphatic carbocycles. The quantitative estimate of drug-likeness (QED) is 0.166. The maximum atomic E-state index is 8.06. The molecule has 242 valence electrons. The Bertz CT molecular complexity index is 3120. The van der Waals surface area contributed by atoms with Crippen molar-refractivity contribution in [3.63, 3.8) is 0 Å². The van der Waals surface area contributed by atoms with Gasteiger partial charge >= 0.3 is 0 Å². The monoisotopic (exact) mass is 827 g/mol. The first kappa shape index (κ1) is 26.0. The van der Waals surface area contributed by atoms with Crippen LogP contribution in [-0.2, 0) is 21.1 Å². The van der Waals surface area contributed by atoms with Gasteiger partial charge in [0.25, 0.3) is 0 Å². The van der Waals surface area contributed by atoms with Gasteiger partial charge < -0.3 is 28.3 Å². The first-order valence-electron chi connectivity index (χ1n) is 17.5. The van der Waals surface area contributed by atoms with Crippen molar-refractivity contribution in [2.75, 3.05) is 16.8 Å². The molecule has 1 aliphatic heterocycles. The molecule has 0 unspecified atom stereocenters. The number of fused-ring (bicyclic) bond motifs is 11. The second-order valence-corrected chi connectivity index (χ2v) is 12.3. The Kier molecular flexibility index (Phi) is 5.62. The van der Waals surface area contributed by atoms with Crippen LogP contribution in [0.3, 0.4) is 0 Å². The van der Waals surface area contributed by atoms with Gasteiger partial charge in [-0.1, -0.05) is 84.1 Å². The summed E-state index contributed by atoms with van der Waals surface area (Å²) in [6.45, 7) is -0.803. The molecule has 1 aliphatic rings. The van der Waals surface area contributed by atoms with Gasteiger partial charge in [-0.15, -0.1) is 23.6 Å². The van der Waals surface area contributed by atoms with Crippen molar-refractivity contribution in [3.8, 4) is 11.5 Å². The number of pyridine rings is 2. The second-order valence-electron chi connectivity index (χ2n) is 12.3. The predicted octanol–water partition coefficient (Wildman–Crippen LogP) is 9.85. The molecule has 11 rings (SSSR count). The standard InChI is InChI=1S/C42H25N6O.Pt/c1-45-25-46(37-16-5-4-15-36(37)45)26-21-28(24-43-23-26)49-27-18-19-30-32-11-7-13-34-33-12-6-10-31-29-9-2-3-14-35(29)47(40(31)33)38-17-8-20-44-42(38)48(41(32)34)39(30)22-27;/h2-20,23-25H,1H3;/q-3;/i1D3;. The number of ether oxygens (including phenoxy) is 1. The van der Waals surface area contributed by atoms with Crippen molar-refractivity contribution >= 4 is 82.6 Å². The van der Waals surface area contributed by atoms with E-state index in [-0.39, 0.29) is 21.1 Å². The van der Waals surface area contributed by atoms with E-state index in [4.69, 9.17) is 13.8 Å². The van der Waals surface area contributed by atoms with E-state index < -0.39 is 6.98 Å². The molecule has 0 saturated carbocycles. The Labute approximate surface area is 305 Å².